The molecule has 1 heterocycles. The lowest BCUT2D eigenvalue weighted by Crippen LogP contribution is -2.13. The standard InChI is InChI=1S/C19H12ClFN4O/c20-16-9-14(4-5-17(16)21)24-15-6-7-23-18(10-15)19(26)25-13-3-1-2-12(8-13)11-22/h1-10H,(H,23,24)(H,25,26). The summed E-state index contributed by atoms with van der Waals surface area (Å²) in [6, 6.07) is 16.1. The van der Waals surface area contributed by atoms with Crippen LogP contribution in [0.5, 0.6) is 0 Å². The van der Waals surface area contributed by atoms with E-state index in [4.69, 9.17) is 16.9 Å². The van der Waals surface area contributed by atoms with E-state index in [9.17, 15) is 9.18 Å². The Morgan fingerprint density at radius 2 is 1.88 bits per heavy atom. The van der Waals surface area contributed by atoms with Crippen molar-refractivity contribution in [2.75, 3.05) is 10.6 Å². The van der Waals surface area contributed by atoms with Crippen LogP contribution >= 0.6 is 11.6 Å². The Morgan fingerprint density at radius 3 is 2.65 bits per heavy atom. The van der Waals surface area contributed by atoms with Gasteiger partial charge in [-0.25, -0.2) is 4.39 Å². The first-order valence-corrected chi connectivity index (χ1v) is 7.92. The van der Waals surface area contributed by atoms with Crippen LogP contribution < -0.4 is 10.6 Å². The van der Waals surface area contributed by atoms with Crippen LogP contribution in [0.25, 0.3) is 0 Å². The van der Waals surface area contributed by atoms with Crippen molar-refractivity contribution in [3.05, 3.63) is 82.9 Å². The predicted octanol–water partition coefficient (Wildman–Crippen LogP) is 4.74. The molecule has 1 aromatic heterocycles. The fourth-order valence-corrected chi connectivity index (χ4v) is 2.42. The molecule has 0 aliphatic carbocycles. The van der Waals surface area contributed by atoms with Gasteiger partial charge in [-0.05, 0) is 48.5 Å². The normalized spacial score (nSPS) is 10.0. The maximum Gasteiger partial charge on any atom is 0.274 e. The first-order valence-electron chi connectivity index (χ1n) is 7.55. The zero-order valence-corrected chi connectivity index (χ0v) is 14.1. The third kappa shape index (κ3) is 4.15. The average Bonchev–Trinajstić information content (AvgIpc) is 2.65. The van der Waals surface area contributed by atoms with Crippen LogP contribution in [0.4, 0.5) is 21.5 Å². The molecule has 26 heavy (non-hydrogen) atoms. The number of nitrogens with one attached hydrogen (secondary N) is 2. The van der Waals surface area contributed by atoms with Crippen molar-refractivity contribution in [3.8, 4) is 6.07 Å². The highest BCUT2D eigenvalue weighted by atomic mass is 35.5. The Balaban J connectivity index is 1.76. The summed E-state index contributed by atoms with van der Waals surface area (Å²) in [5, 5.41) is 14.6. The fraction of sp³-hybridized carbons (Fsp3) is 0. The van der Waals surface area contributed by atoms with Gasteiger partial charge in [-0.2, -0.15) is 5.26 Å². The van der Waals surface area contributed by atoms with Gasteiger partial charge in [-0.3, -0.25) is 9.78 Å². The minimum atomic E-state index is -0.508. The highest BCUT2D eigenvalue weighted by Crippen LogP contribution is 2.23. The minimum absolute atomic E-state index is 0.000558. The fourth-order valence-electron chi connectivity index (χ4n) is 2.23. The minimum Gasteiger partial charge on any atom is -0.355 e. The molecule has 0 saturated heterocycles. The SMILES string of the molecule is N#Cc1cccc(NC(=O)c2cc(Nc3ccc(F)c(Cl)c3)ccn2)c1. The zero-order valence-electron chi connectivity index (χ0n) is 13.3. The molecule has 128 valence electrons. The third-order valence-electron chi connectivity index (χ3n) is 3.45. The average molecular weight is 367 g/mol. The van der Waals surface area contributed by atoms with Crippen LogP contribution in [0.15, 0.2) is 60.8 Å². The number of benzene rings is 2. The number of carbonyl (C=O) groups excluding carboxylic acids is 1. The number of halogens is 2. The van der Waals surface area contributed by atoms with E-state index in [1.165, 1.54) is 24.4 Å². The summed E-state index contributed by atoms with van der Waals surface area (Å²) < 4.78 is 13.2. The summed E-state index contributed by atoms with van der Waals surface area (Å²) in [7, 11) is 0. The van der Waals surface area contributed by atoms with Crippen LogP contribution in [0.3, 0.4) is 0 Å². The molecule has 5 nitrogen and oxygen atoms in total. The third-order valence-corrected chi connectivity index (χ3v) is 3.74. The van der Waals surface area contributed by atoms with Crippen molar-refractivity contribution < 1.29 is 9.18 Å². The van der Waals surface area contributed by atoms with Crippen LogP contribution in [0.2, 0.25) is 5.02 Å². The van der Waals surface area contributed by atoms with Crippen molar-refractivity contribution in [3.63, 3.8) is 0 Å². The molecule has 0 atom stereocenters. The van der Waals surface area contributed by atoms with Gasteiger partial charge >= 0.3 is 0 Å². The van der Waals surface area contributed by atoms with Gasteiger partial charge in [-0.15, -0.1) is 0 Å². The van der Waals surface area contributed by atoms with E-state index in [-0.39, 0.29) is 10.7 Å². The molecule has 3 rings (SSSR count). The maximum absolute atomic E-state index is 13.2. The van der Waals surface area contributed by atoms with Gasteiger partial charge in [0.15, 0.2) is 0 Å². The van der Waals surface area contributed by atoms with Gasteiger partial charge in [0, 0.05) is 23.3 Å². The monoisotopic (exact) mass is 366 g/mol. The first kappa shape index (κ1) is 17.4. The van der Waals surface area contributed by atoms with Crippen LogP contribution in [0.1, 0.15) is 16.1 Å². The van der Waals surface area contributed by atoms with Gasteiger partial charge < -0.3 is 10.6 Å². The Kier molecular flexibility index (Phi) is 5.11. The van der Waals surface area contributed by atoms with Gasteiger partial charge in [0.05, 0.1) is 16.7 Å². The summed E-state index contributed by atoms with van der Waals surface area (Å²) in [4.78, 5) is 16.4. The van der Waals surface area contributed by atoms with E-state index >= 15 is 0 Å². The number of nitriles is 1. The highest BCUT2D eigenvalue weighted by molar-refractivity contribution is 6.31. The van der Waals surface area contributed by atoms with Crippen molar-refractivity contribution >= 4 is 34.6 Å². The molecule has 2 N–H and O–H groups in total. The van der Waals surface area contributed by atoms with Crippen molar-refractivity contribution in [2.45, 2.75) is 0 Å². The molecule has 0 aliphatic heterocycles. The van der Waals surface area contributed by atoms with Crippen molar-refractivity contribution in [1.29, 1.82) is 5.26 Å². The molecule has 1 amide bonds. The van der Waals surface area contributed by atoms with E-state index in [0.29, 0.717) is 22.6 Å². The number of amides is 1. The maximum atomic E-state index is 13.2. The van der Waals surface area contributed by atoms with Gasteiger partial charge in [0.2, 0.25) is 0 Å². The number of rotatable bonds is 4. The summed E-state index contributed by atoms with van der Waals surface area (Å²) in [5.41, 5.74) is 2.30. The lowest BCUT2D eigenvalue weighted by Gasteiger charge is -2.09. The molecule has 0 saturated carbocycles. The Morgan fingerprint density at radius 1 is 1.08 bits per heavy atom. The molecule has 0 fully saturated rings. The largest absolute Gasteiger partial charge is 0.355 e. The van der Waals surface area contributed by atoms with Crippen LogP contribution in [-0.4, -0.2) is 10.9 Å². The Hall–Kier alpha value is -3.43. The van der Waals surface area contributed by atoms with Crippen LogP contribution in [0, 0.1) is 17.1 Å². The molecular weight excluding hydrogens is 355 g/mol. The summed E-state index contributed by atoms with van der Waals surface area (Å²) in [6.45, 7) is 0. The number of hydrogen-bond acceptors (Lipinski definition) is 4. The topological polar surface area (TPSA) is 77.8 Å². The van der Waals surface area contributed by atoms with E-state index < -0.39 is 11.7 Å². The number of hydrogen-bond donors (Lipinski definition) is 2. The number of pyridine rings is 1. The quantitative estimate of drug-likeness (QED) is 0.699. The molecule has 0 bridgehead atoms. The molecule has 0 spiro atoms. The van der Waals surface area contributed by atoms with E-state index in [1.54, 1.807) is 36.4 Å². The van der Waals surface area contributed by atoms with Gasteiger partial charge in [0.25, 0.3) is 5.91 Å². The van der Waals surface area contributed by atoms with Crippen molar-refractivity contribution in [2.24, 2.45) is 0 Å². The Labute approximate surface area is 154 Å². The number of nitrogens with zero attached hydrogens (tertiary/aromatic N) is 2. The zero-order chi connectivity index (χ0) is 18.5. The summed E-state index contributed by atoms with van der Waals surface area (Å²) in [5.74, 6) is -0.924. The summed E-state index contributed by atoms with van der Waals surface area (Å²) >= 11 is 5.76. The number of anilines is 3. The van der Waals surface area contributed by atoms with E-state index in [0.717, 1.165) is 0 Å². The second-order valence-electron chi connectivity index (χ2n) is 5.33. The van der Waals surface area contributed by atoms with E-state index in [2.05, 4.69) is 15.6 Å². The lowest BCUT2D eigenvalue weighted by molar-refractivity contribution is 0.102. The molecular formula is C19H12ClFN4O. The highest BCUT2D eigenvalue weighted by Gasteiger charge is 2.09. The second kappa shape index (κ2) is 7.64. The van der Waals surface area contributed by atoms with Crippen LogP contribution in [-0.2, 0) is 0 Å². The van der Waals surface area contributed by atoms with Crippen molar-refractivity contribution in [1.82, 2.24) is 4.98 Å². The van der Waals surface area contributed by atoms with E-state index in [1.807, 2.05) is 6.07 Å². The predicted molar refractivity (Wildman–Crippen MR) is 98.0 cm³/mol. The number of aromatic nitrogens is 1. The smallest absolute Gasteiger partial charge is 0.274 e. The number of carbonyl (C=O) groups is 1. The first-order chi connectivity index (χ1) is 12.5. The Bertz CT molecular complexity index is 1020. The second-order valence-corrected chi connectivity index (χ2v) is 5.74. The molecule has 0 radical (unpaired) electrons. The van der Waals surface area contributed by atoms with Gasteiger partial charge in [0.1, 0.15) is 11.5 Å². The lowest BCUT2D eigenvalue weighted by atomic mass is 10.2. The van der Waals surface area contributed by atoms with Gasteiger partial charge in [-0.1, -0.05) is 17.7 Å². The molecule has 0 unspecified atom stereocenters. The summed E-state index contributed by atoms with van der Waals surface area (Å²) in [6.07, 6.45) is 1.48. The molecule has 2 aromatic carbocycles. The molecule has 7 heteroatoms. The molecule has 0 aliphatic rings. The molecule has 3 aromatic rings.